The van der Waals surface area contributed by atoms with Gasteiger partial charge in [0.15, 0.2) is 5.13 Å². The fourth-order valence-corrected chi connectivity index (χ4v) is 3.22. The maximum absolute atomic E-state index is 13.7. The van der Waals surface area contributed by atoms with Crippen LogP contribution < -0.4 is 5.32 Å². The number of amides is 1. The zero-order valence-electron chi connectivity index (χ0n) is 12.4. The van der Waals surface area contributed by atoms with Gasteiger partial charge in [-0.25, -0.2) is 13.8 Å². The van der Waals surface area contributed by atoms with E-state index in [1.807, 2.05) is 0 Å². The summed E-state index contributed by atoms with van der Waals surface area (Å²) in [6.07, 6.45) is 3.24. The molecule has 1 saturated heterocycles. The molecule has 1 aromatic carbocycles. The first-order valence-corrected chi connectivity index (χ1v) is 8.32. The Morgan fingerprint density at radius 1 is 1.43 bits per heavy atom. The molecule has 1 aliphatic heterocycles. The molecule has 7 heteroatoms. The minimum absolute atomic E-state index is 0.0844. The molecule has 122 valence electrons. The molecule has 1 amide bonds. The third-order valence-corrected chi connectivity index (χ3v) is 4.43. The van der Waals surface area contributed by atoms with E-state index in [9.17, 15) is 13.6 Å². The van der Waals surface area contributed by atoms with E-state index in [2.05, 4.69) is 10.3 Å². The molecule has 0 radical (unpaired) electrons. The summed E-state index contributed by atoms with van der Waals surface area (Å²) in [5, 5.41) is 4.65. The average molecular weight is 338 g/mol. The number of anilines is 1. The Hall–Kier alpha value is -1.86. The van der Waals surface area contributed by atoms with E-state index >= 15 is 0 Å². The van der Waals surface area contributed by atoms with Gasteiger partial charge in [0.1, 0.15) is 11.6 Å². The van der Waals surface area contributed by atoms with Crippen LogP contribution in [0.2, 0.25) is 0 Å². The standard InChI is InChI=1S/C16H16F2N2O2S/c17-10-3-5-13(18)12(8-10)14-9-23-16(19-14)20-15(21)6-4-11-2-1-7-22-11/h3,5,8-9,11H,1-2,4,6-7H2,(H,19,20,21). The van der Waals surface area contributed by atoms with Crippen molar-refractivity contribution >= 4 is 22.4 Å². The van der Waals surface area contributed by atoms with Gasteiger partial charge in [0.05, 0.1) is 11.8 Å². The predicted octanol–water partition coefficient (Wildman–Crippen LogP) is 3.99. The second kappa shape index (κ2) is 7.14. The molecule has 3 rings (SSSR count). The van der Waals surface area contributed by atoms with Gasteiger partial charge in [-0.15, -0.1) is 11.3 Å². The van der Waals surface area contributed by atoms with Crippen LogP contribution in [-0.2, 0) is 9.53 Å². The van der Waals surface area contributed by atoms with Gasteiger partial charge >= 0.3 is 0 Å². The molecule has 1 fully saturated rings. The Labute approximate surface area is 136 Å². The highest BCUT2D eigenvalue weighted by Crippen LogP contribution is 2.28. The number of hydrogen-bond acceptors (Lipinski definition) is 4. The molecule has 0 bridgehead atoms. The van der Waals surface area contributed by atoms with Gasteiger partial charge in [0.25, 0.3) is 0 Å². The maximum Gasteiger partial charge on any atom is 0.226 e. The average Bonchev–Trinajstić information content (AvgIpc) is 3.19. The van der Waals surface area contributed by atoms with E-state index in [0.29, 0.717) is 23.7 Å². The number of carbonyl (C=O) groups is 1. The summed E-state index contributed by atoms with van der Waals surface area (Å²) in [7, 11) is 0. The van der Waals surface area contributed by atoms with Crippen molar-refractivity contribution in [2.24, 2.45) is 0 Å². The summed E-state index contributed by atoms with van der Waals surface area (Å²) >= 11 is 1.18. The summed E-state index contributed by atoms with van der Waals surface area (Å²) < 4.78 is 32.4. The van der Waals surface area contributed by atoms with E-state index in [0.717, 1.165) is 37.6 Å². The minimum atomic E-state index is -0.548. The van der Waals surface area contributed by atoms with E-state index in [1.54, 1.807) is 5.38 Å². The molecule has 1 unspecified atom stereocenters. The van der Waals surface area contributed by atoms with Gasteiger partial charge in [-0.2, -0.15) is 0 Å². The fraction of sp³-hybridized carbons (Fsp3) is 0.375. The third-order valence-electron chi connectivity index (χ3n) is 3.67. The minimum Gasteiger partial charge on any atom is -0.378 e. The van der Waals surface area contributed by atoms with Gasteiger partial charge in [0, 0.05) is 24.0 Å². The Bertz CT molecular complexity index is 699. The summed E-state index contributed by atoms with van der Waals surface area (Å²) in [6.45, 7) is 0.765. The van der Waals surface area contributed by atoms with Gasteiger partial charge in [-0.1, -0.05) is 0 Å². The molecular weight excluding hydrogens is 322 g/mol. The molecule has 2 heterocycles. The highest BCUT2D eigenvalue weighted by atomic mass is 32.1. The number of aromatic nitrogens is 1. The van der Waals surface area contributed by atoms with Crippen LogP contribution in [0, 0.1) is 11.6 Å². The number of thiazole rings is 1. The van der Waals surface area contributed by atoms with Gasteiger partial charge < -0.3 is 10.1 Å². The molecule has 1 atom stereocenters. The van der Waals surface area contributed by atoms with Crippen molar-refractivity contribution in [3.63, 3.8) is 0 Å². The molecule has 0 saturated carbocycles. The van der Waals surface area contributed by atoms with Crippen LogP contribution in [0.15, 0.2) is 23.6 Å². The van der Waals surface area contributed by atoms with E-state index in [1.165, 1.54) is 11.3 Å². The topological polar surface area (TPSA) is 51.2 Å². The normalized spacial score (nSPS) is 17.4. The van der Waals surface area contributed by atoms with Crippen LogP contribution in [0.1, 0.15) is 25.7 Å². The smallest absolute Gasteiger partial charge is 0.226 e. The molecule has 0 aliphatic carbocycles. The van der Waals surface area contributed by atoms with E-state index < -0.39 is 11.6 Å². The van der Waals surface area contributed by atoms with E-state index in [-0.39, 0.29) is 17.6 Å². The fourth-order valence-electron chi connectivity index (χ4n) is 2.49. The lowest BCUT2D eigenvalue weighted by atomic mass is 10.1. The second-order valence-corrected chi connectivity index (χ2v) is 6.24. The van der Waals surface area contributed by atoms with Crippen LogP contribution in [-0.4, -0.2) is 23.6 Å². The third kappa shape index (κ3) is 4.11. The first-order valence-electron chi connectivity index (χ1n) is 7.44. The molecular formula is C16H16F2N2O2S. The van der Waals surface area contributed by atoms with Crippen molar-refractivity contribution in [1.82, 2.24) is 4.98 Å². The highest BCUT2D eigenvalue weighted by molar-refractivity contribution is 7.14. The molecule has 2 aromatic rings. The van der Waals surface area contributed by atoms with Gasteiger partial charge in [0.2, 0.25) is 5.91 Å². The second-order valence-electron chi connectivity index (χ2n) is 5.38. The van der Waals surface area contributed by atoms with Crippen molar-refractivity contribution in [1.29, 1.82) is 0 Å². The largest absolute Gasteiger partial charge is 0.378 e. The van der Waals surface area contributed by atoms with Gasteiger partial charge in [-0.05, 0) is 37.5 Å². The van der Waals surface area contributed by atoms with Crippen LogP contribution in [0.25, 0.3) is 11.3 Å². The monoisotopic (exact) mass is 338 g/mol. The molecule has 1 aromatic heterocycles. The quantitative estimate of drug-likeness (QED) is 0.897. The number of halogens is 2. The Morgan fingerprint density at radius 2 is 2.30 bits per heavy atom. The summed E-state index contributed by atoms with van der Waals surface area (Å²) in [4.78, 5) is 16.1. The zero-order valence-corrected chi connectivity index (χ0v) is 13.2. The summed E-state index contributed by atoms with van der Waals surface area (Å²) in [5.41, 5.74) is 0.391. The van der Waals surface area contributed by atoms with Crippen molar-refractivity contribution in [3.8, 4) is 11.3 Å². The van der Waals surface area contributed by atoms with Crippen LogP contribution in [0.5, 0.6) is 0 Å². The molecule has 1 N–H and O–H groups in total. The number of carbonyl (C=O) groups excluding carboxylic acids is 1. The summed E-state index contributed by atoms with van der Waals surface area (Å²) in [6, 6.07) is 3.20. The molecule has 0 spiro atoms. The van der Waals surface area contributed by atoms with Crippen molar-refractivity contribution in [3.05, 3.63) is 35.2 Å². The Balaban J connectivity index is 1.60. The molecule has 4 nitrogen and oxygen atoms in total. The van der Waals surface area contributed by atoms with Crippen molar-refractivity contribution in [2.75, 3.05) is 11.9 Å². The Kier molecular flexibility index (Phi) is 4.97. The van der Waals surface area contributed by atoms with Crippen LogP contribution in [0.4, 0.5) is 13.9 Å². The number of nitrogens with zero attached hydrogens (tertiary/aromatic N) is 1. The van der Waals surface area contributed by atoms with Crippen molar-refractivity contribution in [2.45, 2.75) is 31.8 Å². The number of benzene rings is 1. The first kappa shape index (κ1) is 16.0. The highest BCUT2D eigenvalue weighted by Gasteiger charge is 2.17. The van der Waals surface area contributed by atoms with Crippen LogP contribution >= 0.6 is 11.3 Å². The SMILES string of the molecule is O=C(CCC1CCCO1)Nc1nc(-c2cc(F)ccc2F)cs1. The van der Waals surface area contributed by atoms with Crippen molar-refractivity contribution < 1.29 is 18.3 Å². The number of nitrogens with one attached hydrogen (secondary N) is 1. The zero-order chi connectivity index (χ0) is 16.2. The van der Waals surface area contributed by atoms with Crippen LogP contribution in [0.3, 0.4) is 0 Å². The molecule has 23 heavy (non-hydrogen) atoms. The maximum atomic E-state index is 13.7. The lowest BCUT2D eigenvalue weighted by Crippen LogP contribution is -2.15. The first-order chi connectivity index (χ1) is 11.1. The number of rotatable bonds is 5. The van der Waals surface area contributed by atoms with Gasteiger partial charge in [-0.3, -0.25) is 4.79 Å². The number of ether oxygens (including phenoxy) is 1. The number of hydrogen-bond donors (Lipinski definition) is 1. The summed E-state index contributed by atoms with van der Waals surface area (Å²) in [5.74, 6) is -1.23. The van der Waals surface area contributed by atoms with E-state index in [4.69, 9.17) is 4.74 Å². The molecule has 1 aliphatic rings. The Morgan fingerprint density at radius 3 is 3.09 bits per heavy atom. The lowest BCUT2D eigenvalue weighted by Gasteiger charge is -2.08. The lowest BCUT2D eigenvalue weighted by molar-refractivity contribution is -0.116. The predicted molar refractivity (Wildman–Crippen MR) is 84.3 cm³/mol.